The molecule has 0 amide bonds. The fourth-order valence-electron chi connectivity index (χ4n) is 1.98. The van der Waals surface area contributed by atoms with Gasteiger partial charge in [-0.25, -0.2) is 22.3 Å². The van der Waals surface area contributed by atoms with E-state index < -0.39 is 37.9 Å². The second-order valence-electron chi connectivity index (χ2n) is 4.97. The van der Waals surface area contributed by atoms with Gasteiger partial charge in [-0.1, -0.05) is 11.6 Å². The van der Waals surface area contributed by atoms with Gasteiger partial charge in [0.2, 0.25) is 10.0 Å². The molecule has 0 heterocycles. The average Bonchev–Trinajstić information content (AvgIpc) is 2.36. The number of halogens is 2. The van der Waals surface area contributed by atoms with Crippen LogP contribution in [0.1, 0.15) is 29.6 Å². The summed E-state index contributed by atoms with van der Waals surface area (Å²) in [5.41, 5.74) is -1.96. The first-order valence-corrected chi connectivity index (χ1v) is 7.95. The smallest absolute Gasteiger partial charge is 0.338 e. The lowest BCUT2D eigenvalue weighted by Crippen LogP contribution is -2.47. The zero-order valence-electron chi connectivity index (χ0n) is 10.8. The van der Waals surface area contributed by atoms with E-state index in [0.29, 0.717) is 12.8 Å². The third-order valence-electron chi connectivity index (χ3n) is 3.40. The van der Waals surface area contributed by atoms with Crippen molar-refractivity contribution in [1.82, 2.24) is 4.72 Å². The first-order valence-electron chi connectivity index (χ1n) is 6.09. The number of sulfonamides is 1. The minimum absolute atomic E-state index is 0.212. The van der Waals surface area contributed by atoms with Crippen LogP contribution in [0.2, 0.25) is 5.02 Å². The molecule has 3 N–H and O–H groups in total. The monoisotopic (exact) mass is 337 g/mol. The molecule has 2 rings (SSSR count). The lowest BCUT2D eigenvalue weighted by Gasteiger charge is -2.36. The maximum atomic E-state index is 14.0. The van der Waals surface area contributed by atoms with Gasteiger partial charge in [0.1, 0.15) is 4.90 Å². The summed E-state index contributed by atoms with van der Waals surface area (Å²) >= 11 is 5.63. The highest BCUT2D eigenvalue weighted by atomic mass is 35.5. The van der Waals surface area contributed by atoms with Crippen LogP contribution >= 0.6 is 11.6 Å². The Hall–Kier alpha value is -1.22. The molecule has 0 aromatic heterocycles. The Morgan fingerprint density at radius 1 is 1.43 bits per heavy atom. The Morgan fingerprint density at radius 3 is 2.52 bits per heavy atom. The third kappa shape index (κ3) is 3.34. The second kappa shape index (κ2) is 5.53. The first-order chi connectivity index (χ1) is 9.65. The van der Waals surface area contributed by atoms with Gasteiger partial charge in [-0.15, -0.1) is 0 Å². The minimum Gasteiger partial charge on any atom is -0.478 e. The molecular weight excluding hydrogens is 325 g/mol. The van der Waals surface area contributed by atoms with Crippen LogP contribution in [-0.4, -0.2) is 36.7 Å². The second-order valence-corrected chi connectivity index (χ2v) is 7.14. The van der Waals surface area contributed by atoms with Crippen LogP contribution in [-0.2, 0) is 10.0 Å². The standard InChI is InChI=1S/C12H13ClFNO5S/c13-7-4-8(11(16)17)10(14)9(5-7)21(19,20)15-6-12(18)2-1-3-12/h4-5,15,18H,1-3,6H2,(H,16,17). The lowest BCUT2D eigenvalue weighted by atomic mass is 9.81. The minimum atomic E-state index is -4.31. The predicted molar refractivity (Wildman–Crippen MR) is 72.4 cm³/mol. The number of nitrogens with one attached hydrogen (secondary N) is 1. The van der Waals surface area contributed by atoms with E-state index in [9.17, 15) is 22.7 Å². The topological polar surface area (TPSA) is 104 Å². The molecule has 1 aromatic rings. The van der Waals surface area contributed by atoms with Crippen molar-refractivity contribution in [2.45, 2.75) is 29.8 Å². The van der Waals surface area contributed by atoms with Crippen molar-refractivity contribution in [2.24, 2.45) is 0 Å². The van der Waals surface area contributed by atoms with E-state index >= 15 is 0 Å². The van der Waals surface area contributed by atoms with Crippen molar-refractivity contribution in [3.63, 3.8) is 0 Å². The van der Waals surface area contributed by atoms with Crippen molar-refractivity contribution in [2.75, 3.05) is 6.54 Å². The van der Waals surface area contributed by atoms with Crippen LogP contribution in [0.3, 0.4) is 0 Å². The van der Waals surface area contributed by atoms with Crippen molar-refractivity contribution in [3.8, 4) is 0 Å². The summed E-state index contributed by atoms with van der Waals surface area (Å²) in [7, 11) is -4.31. The van der Waals surface area contributed by atoms with Gasteiger partial charge in [-0.2, -0.15) is 0 Å². The zero-order valence-corrected chi connectivity index (χ0v) is 12.3. The molecule has 1 saturated carbocycles. The van der Waals surface area contributed by atoms with Gasteiger partial charge in [0, 0.05) is 11.6 Å². The van der Waals surface area contributed by atoms with Gasteiger partial charge in [-0.05, 0) is 31.4 Å². The van der Waals surface area contributed by atoms with Crippen LogP contribution in [0, 0.1) is 5.82 Å². The number of aromatic carboxylic acids is 1. The molecule has 0 atom stereocenters. The van der Waals surface area contributed by atoms with E-state index in [-0.39, 0.29) is 11.6 Å². The van der Waals surface area contributed by atoms with Crippen molar-refractivity contribution in [1.29, 1.82) is 0 Å². The van der Waals surface area contributed by atoms with Crippen LogP contribution in [0.5, 0.6) is 0 Å². The van der Waals surface area contributed by atoms with Gasteiger partial charge in [0.05, 0.1) is 11.2 Å². The van der Waals surface area contributed by atoms with E-state index in [1.165, 1.54) is 0 Å². The van der Waals surface area contributed by atoms with E-state index in [0.717, 1.165) is 18.6 Å². The van der Waals surface area contributed by atoms with E-state index in [4.69, 9.17) is 16.7 Å². The number of carboxylic acid groups (broad SMARTS) is 1. The maximum absolute atomic E-state index is 14.0. The number of aliphatic hydroxyl groups is 1. The number of hydrogen-bond donors (Lipinski definition) is 3. The normalized spacial score (nSPS) is 17.3. The summed E-state index contributed by atoms with van der Waals surface area (Å²) < 4.78 is 40.2. The van der Waals surface area contributed by atoms with Crippen LogP contribution in [0.25, 0.3) is 0 Å². The van der Waals surface area contributed by atoms with E-state index in [2.05, 4.69) is 4.72 Å². The van der Waals surface area contributed by atoms with Gasteiger partial charge in [0.25, 0.3) is 0 Å². The molecule has 0 unspecified atom stereocenters. The summed E-state index contributed by atoms with van der Waals surface area (Å²) in [6.07, 6.45) is 1.69. The first kappa shape index (κ1) is 16.2. The Labute approximate surface area is 125 Å². The molecule has 0 bridgehead atoms. The Bertz CT molecular complexity index is 687. The van der Waals surface area contributed by atoms with Gasteiger partial charge >= 0.3 is 5.97 Å². The molecule has 1 aliphatic rings. The largest absolute Gasteiger partial charge is 0.478 e. The Kier molecular flexibility index (Phi) is 4.25. The molecule has 6 nitrogen and oxygen atoms in total. The lowest BCUT2D eigenvalue weighted by molar-refractivity contribution is -0.0271. The molecule has 21 heavy (non-hydrogen) atoms. The third-order valence-corrected chi connectivity index (χ3v) is 5.02. The van der Waals surface area contributed by atoms with E-state index in [1.807, 2.05) is 0 Å². The number of benzene rings is 1. The molecular formula is C12H13ClFNO5S. The predicted octanol–water partition coefficient (Wildman–Crippen LogP) is 1.37. The van der Waals surface area contributed by atoms with E-state index in [1.54, 1.807) is 0 Å². The maximum Gasteiger partial charge on any atom is 0.338 e. The summed E-state index contributed by atoms with van der Waals surface area (Å²) in [5, 5.41) is 18.5. The van der Waals surface area contributed by atoms with Gasteiger partial charge < -0.3 is 10.2 Å². The van der Waals surface area contributed by atoms with Crippen molar-refractivity contribution in [3.05, 3.63) is 28.5 Å². The number of rotatable bonds is 5. The van der Waals surface area contributed by atoms with Crippen LogP contribution < -0.4 is 4.72 Å². The summed E-state index contributed by atoms with van der Waals surface area (Å²) in [5.74, 6) is -3.01. The number of carbonyl (C=O) groups is 1. The highest BCUT2D eigenvalue weighted by Gasteiger charge is 2.36. The van der Waals surface area contributed by atoms with Crippen molar-refractivity contribution >= 4 is 27.6 Å². The molecule has 0 spiro atoms. The molecule has 1 fully saturated rings. The Balaban J connectivity index is 2.33. The van der Waals surface area contributed by atoms with Gasteiger partial charge in [0.15, 0.2) is 5.82 Å². The molecule has 0 saturated heterocycles. The molecule has 1 aromatic carbocycles. The fraction of sp³-hybridized carbons (Fsp3) is 0.417. The Morgan fingerprint density at radius 2 is 2.05 bits per heavy atom. The van der Waals surface area contributed by atoms with Gasteiger partial charge in [-0.3, -0.25) is 0 Å². The van der Waals surface area contributed by atoms with Crippen LogP contribution in [0.4, 0.5) is 4.39 Å². The highest BCUT2D eigenvalue weighted by molar-refractivity contribution is 7.89. The average molecular weight is 338 g/mol. The molecule has 116 valence electrons. The summed E-state index contributed by atoms with van der Waals surface area (Å²) in [4.78, 5) is 10.0. The highest BCUT2D eigenvalue weighted by Crippen LogP contribution is 2.31. The summed E-state index contributed by atoms with van der Waals surface area (Å²) in [6, 6.07) is 1.66. The molecule has 0 aliphatic heterocycles. The van der Waals surface area contributed by atoms with Crippen LogP contribution in [0.15, 0.2) is 17.0 Å². The zero-order chi connectivity index (χ0) is 15.8. The number of carboxylic acids is 1. The van der Waals surface area contributed by atoms with Crippen molar-refractivity contribution < 1.29 is 27.8 Å². The number of hydrogen-bond acceptors (Lipinski definition) is 4. The molecule has 9 heteroatoms. The quantitative estimate of drug-likeness (QED) is 0.753. The summed E-state index contributed by atoms with van der Waals surface area (Å²) in [6.45, 7) is -0.260. The molecule has 0 radical (unpaired) electrons. The fourth-order valence-corrected chi connectivity index (χ4v) is 3.51. The SMILES string of the molecule is O=C(O)c1cc(Cl)cc(S(=O)(=O)NCC2(O)CCC2)c1F. The molecule has 1 aliphatic carbocycles.